The maximum atomic E-state index is 11.8. The highest BCUT2D eigenvalue weighted by Gasteiger charge is 2.19. The standard InChI is InChI=1S/C15H21ClO2S/c16-15-13-11-9-7-5-3-1-2-4-6-8-10-12-14-19(15,17)18/h15H,1-9,14H2. The normalized spacial score (nSPS) is 25.4. The molecule has 0 spiro atoms. The Labute approximate surface area is 122 Å². The van der Waals surface area contributed by atoms with E-state index in [1.54, 1.807) is 0 Å². The average molecular weight is 301 g/mol. The third-order valence-corrected chi connectivity index (χ3v) is 5.25. The molecule has 4 heteroatoms. The van der Waals surface area contributed by atoms with Crippen molar-refractivity contribution in [2.24, 2.45) is 0 Å². The first-order valence-corrected chi connectivity index (χ1v) is 9.08. The molecule has 0 N–H and O–H groups in total. The summed E-state index contributed by atoms with van der Waals surface area (Å²) in [6.45, 7) is 0. The first-order chi connectivity index (χ1) is 9.13. The second-order valence-electron chi connectivity index (χ2n) is 4.77. The van der Waals surface area contributed by atoms with Gasteiger partial charge in [-0.15, -0.1) is 11.8 Å². The zero-order valence-electron chi connectivity index (χ0n) is 11.3. The fourth-order valence-electron chi connectivity index (χ4n) is 1.87. The molecule has 0 amide bonds. The van der Waals surface area contributed by atoms with Crippen LogP contribution < -0.4 is 0 Å². The summed E-state index contributed by atoms with van der Waals surface area (Å²) < 4.78 is 22.4. The number of hydrogen-bond donors (Lipinski definition) is 0. The highest BCUT2D eigenvalue weighted by atomic mass is 35.5. The molecular weight excluding hydrogens is 280 g/mol. The average Bonchev–Trinajstić information content (AvgIpc) is 2.37. The van der Waals surface area contributed by atoms with Gasteiger partial charge in [0.05, 0.1) is 0 Å². The van der Waals surface area contributed by atoms with Gasteiger partial charge in [0.2, 0.25) is 0 Å². The van der Waals surface area contributed by atoms with E-state index in [0.29, 0.717) is 0 Å². The number of alkyl halides is 1. The van der Waals surface area contributed by atoms with E-state index in [1.807, 2.05) is 0 Å². The Hall–Kier alpha value is -0.640. The van der Waals surface area contributed by atoms with Crippen molar-refractivity contribution in [1.82, 2.24) is 0 Å². The lowest BCUT2D eigenvalue weighted by Gasteiger charge is -2.02. The minimum atomic E-state index is -3.41. The first kappa shape index (κ1) is 16.4. The maximum Gasteiger partial charge on any atom is 0.196 e. The topological polar surface area (TPSA) is 34.1 Å². The van der Waals surface area contributed by atoms with E-state index in [-0.39, 0.29) is 5.75 Å². The second kappa shape index (κ2) is 9.29. The van der Waals surface area contributed by atoms with E-state index in [9.17, 15) is 8.42 Å². The van der Waals surface area contributed by atoms with Crippen molar-refractivity contribution in [2.75, 3.05) is 5.75 Å². The molecule has 0 saturated carbocycles. The molecule has 0 aromatic rings. The minimum absolute atomic E-state index is 0.185. The summed E-state index contributed by atoms with van der Waals surface area (Å²) in [4.78, 5) is 0. The SMILES string of the molecule is O=S1(=O)CC#CCCCCCCCCCC#CC1Cl. The lowest BCUT2D eigenvalue weighted by molar-refractivity contribution is 0.586. The van der Waals surface area contributed by atoms with Gasteiger partial charge in [-0.3, -0.25) is 0 Å². The zero-order valence-corrected chi connectivity index (χ0v) is 12.8. The van der Waals surface area contributed by atoms with E-state index in [1.165, 1.54) is 25.7 Å². The first-order valence-electron chi connectivity index (χ1n) is 6.93. The summed E-state index contributed by atoms with van der Waals surface area (Å²) in [6, 6.07) is 0. The van der Waals surface area contributed by atoms with Crippen molar-refractivity contribution in [1.29, 1.82) is 0 Å². The Morgan fingerprint density at radius 2 is 1.32 bits per heavy atom. The van der Waals surface area contributed by atoms with Gasteiger partial charge in [-0.1, -0.05) is 55.5 Å². The van der Waals surface area contributed by atoms with E-state index >= 15 is 0 Å². The molecule has 0 saturated heterocycles. The monoisotopic (exact) mass is 300 g/mol. The van der Waals surface area contributed by atoms with Crippen LogP contribution in [0.1, 0.15) is 57.8 Å². The molecule has 0 fully saturated rings. The van der Waals surface area contributed by atoms with Gasteiger partial charge in [-0.05, 0) is 12.8 Å². The van der Waals surface area contributed by atoms with Crippen molar-refractivity contribution < 1.29 is 8.42 Å². The number of halogens is 1. The molecule has 19 heavy (non-hydrogen) atoms. The lowest BCUT2D eigenvalue weighted by atomic mass is 10.1. The molecule has 0 bridgehead atoms. The van der Waals surface area contributed by atoms with Crippen LogP contribution in [0.2, 0.25) is 0 Å². The largest absolute Gasteiger partial charge is 0.225 e. The molecule has 0 aliphatic carbocycles. The summed E-state index contributed by atoms with van der Waals surface area (Å²) in [5.41, 5.74) is 0. The van der Waals surface area contributed by atoms with Gasteiger partial charge >= 0.3 is 0 Å². The maximum absolute atomic E-state index is 11.8. The minimum Gasteiger partial charge on any atom is -0.225 e. The van der Waals surface area contributed by atoms with Crippen LogP contribution in [0, 0.1) is 23.7 Å². The van der Waals surface area contributed by atoms with E-state index in [0.717, 1.165) is 32.1 Å². The molecule has 1 unspecified atom stereocenters. The number of rotatable bonds is 0. The van der Waals surface area contributed by atoms with Crippen LogP contribution in [0.3, 0.4) is 0 Å². The van der Waals surface area contributed by atoms with Gasteiger partial charge in [0.25, 0.3) is 0 Å². The van der Waals surface area contributed by atoms with Crippen LogP contribution >= 0.6 is 11.6 Å². The Morgan fingerprint density at radius 1 is 0.789 bits per heavy atom. The molecule has 2 nitrogen and oxygen atoms in total. The van der Waals surface area contributed by atoms with Crippen LogP contribution in [0.5, 0.6) is 0 Å². The van der Waals surface area contributed by atoms with E-state index in [4.69, 9.17) is 11.6 Å². The Bertz CT molecular complexity index is 474. The van der Waals surface area contributed by atoms with E-state index in [2.05, 4.69) is 23.7 Å². The Balaban J connectivity index is 2.60. The fourth-order valence-corrected chi connectivity index (χ4v) is 2.84. The van der Waals surface area contributed by atoms with Crippen LogP contribution in [0.4, 0.5) is 0 Å². The Kier molecular flexibility index (Phi) is 8.03. The quantitative estimate of drug-likeness (QED) is 0.507. The molecule has 1 rings (SSSR count). The highest BCUT2D eigenvalue weighted by molar-refractivity contribution is 7.93. The number of sulfone groups is 1. The van der Waals surface area contributed by atoms with Crippen molar-refractivity contribution in [2.45, 2.75) is 62.5 Å². The van der Waals surface area contributed by atoms with Crippen LogP contribution in [0.15, 0.2) is 0 Å². The van der Waals surface area contributed by atoms with Gasteiger partial charge in [0.1, 0.15) is 5.75 Å². The molecular formula is C15H21ClO2S. The van der Waals surface area contributed by atoms with Crippen LogP contribution in [0.25, 0.3) is 0 Å². The summed E-state index contributed by atoms with van der Waals surface area (Å²) in [6.07, 6.45) is 9.67. The molecule has 0 aromatic carbocycles. The van der Waals surface area contributed by atoms with Crippen molar-refractivity contribution in [3.8, 4) is 23.7 Å². The van der Waals surface area contributed by atoms with Gasteiger partial charge < -0.3 is 0 Å². The van der Waals surface area contributed by atoms with E-state index < -0.39 is 14.5 Å². The highest BCUT2D eigenvalue weighted by Crippen LogP contribution is 2.10. The molecule has 1 atom stereocenters. The van der Waals surface area contributed by atoms with Crippen LogP contribution in [-0.2, 0) is 9.84 Å². The Morgan fingerprint density at radius 3 is 1.95 bits per heavy atom. The van der Waals surface area contributed by atoms with Gasteiger partial charge in [-0.2, -0.15) is 0 Å². The summed E-state index contributed by atoms with van der Waals surface area (Å²) in [5.74, 6) is 10.9. The summed E-state index contributed by atoms with van der Waals surface area (Å²) >= 11 is 5.81. The summed E-state index contributed by atoms with van der Waals surface area (Å²) in [5, 5.41) is 0. The third kappa shape index (κ3) is 7.51. The molecule has 0 radical (unpaired) electrons. The predicted octanol–water partition coefficient (Wildman–Crippen LogP) is 3.50. The lowest BCUT2D eigenvalue weighted by Crippen LogP contribution is -2.16. The summed E-state index contributed by atoms with van der Waals surface area (Å²) in [7, 11) is -3.41. The second-order valence-corrected chi connectivity index (χ2v) is 7.55. The smallest absolute Gasteiger partial charge is 0.196 e. The van der Waals surface area contributed by atoms with Gasteiger partial charge in [-0.25, -0.2) is 8.42 Å². The van der Waals surface area contributed by atoms with Crippen molar-refractivity contribution in [3.63, 3.8) is 0 Å². The van der Waals surface area contributed by atoms with Gasteiger partial charge in [0, 0.05) is 12.8 Å². The molecule has 106 valence electrons. The number of hydrogen-bond acceptors (Lipinski definition) is 2. The zero-order chi connectivity index (χ0) is 14.0. The third-order valence-electron chi connectivity index (χ3n) is 3.03. The molecule has 0 aromatic heterocycles. The molecule has 1 heterocycles. The predicted molar refractivity (Wildman–Crippen MR) is 80.5 cm³/mol. The van der Waals surface area contributed by atoms with Crippen molar-refractivity contribution in [3.05, 3.63) is 0 Å². The van der Waals surface area contributed by atoms with Crippen LogP contribution in [-0.4, -0.2) is 18.9 Å². The fraction of sp³-hybridized carbons (Fsp3) is 0.733. The molecule has 1 aliphatic heterocycles. The molecule has 1 aliphatic rings. The van der Waals surface area contributed by atoms with Gasteiger partial charge in [0.15, 0.2) is 14.5 Å². The van der Waals surface area contributed by atoms with Crippen molar-refractivity contribution >= 4 is 21.4 Å².